The van der Waals surface area contributed by atoms with E-state index in [4.69, 9.17) is 4.42 Å². The van der Waals surface area contributed by atoms with Gasteiger partial charge in [0.05, 0.1) is 4.91 Å². The van der Waals surface area contributed by atoms with E-state index in [2.05, 4.69) is 4.90 Å². The van der Waals surface area contributed by atoms with Crippen LogP contribution >= 0.6 is 11.8 Å². The Kier molecular flexibility index (Phi) is 3.56. The molecule has 0 unspecified atom stereocenters. The molecule has 3 heterocycles. The molecule has 106 valence electrons. The molecule has 0 aliphatic carbocycles. The monoisotopic (exact) mass is 292 g/mol. The van der Waals surface area contributed by atoms with E-state index >= 15 is 0 Å². The maximum atomic E-state index is 11.8. The van der Waals surface area contributed by atoms with Gasteiger partial charge in [0.1, 0.15) is 5.76 Å². The molecule has 2 aliphatic rings. The molecule has 0 aromatic carbocycles. The van der Waals surface area contributed by atoms with E-state index < -0.39 is 0 Å². The minimum absolute atomic E-state index is 0.246. The molecule has 20 heavy (non-hydrogen) atoms. The summed E-state index contributed by atoms with van der Waals surface area (Å²) < 4.78 is 5.76. The number of hydrogen-bond acceptors (Lipinski definition) is 5. The van der Waals surface area contributed by atoms with Crippen molar-refractivity contribution in [1.29, 1.82) is 0 Å². The number of hydrogen-bond donors (Lipinski definition) is 0. The predicted molar refractivity (Wildman–Crippen MR) is 78.5 cm³/mol. The Hall–Kier alpha value is -1.69. The Morgan fingerprint density at radius 1 is 1.20 bits per heavy atom. The van der Waals surface area contributed by atoms with E-state index in [1.54, 1.807) is 6.08 Å². The van der Waals surface area contributed by atoms with Crippen LogP contribution in [-0.4, -0.2) is 36.2 Å². The van der Waals surface area contributed by atoms with Gasteiger partial charge in [-0.2, -0.15) is 0 Å². The average molecular weight is 292 g/mol. The van der Waals surface area contributed by atoms with Crippen molar-refractivity contribution in [3.63, 3.8) is 0 Å². The highest BCUT2D eigenvalue weighted by molar-refractivity contribution is 8.18. The fourth-order valence-electron chi connectivity index (χ4n) is 2.38. The van der Waals surface area contributed by atoms with Crippen molar-refractivity contribution in [2.45, 2.75) is 19.3 Å². The molecule has 0 atom stereocenters. The Balaban J connectivity index is 1.77. The molecule has 3 rings (SSSR count). The van der Waals surface area contributed by atoms with Crippen molar-refractivity contribution in [3.05, 3.63) is 22.8 Å². The number of rotatable bonds is 2. The standard InChI is InChI=1S/C14H16N2O3S/c1-15-13(17)11(20-14(15)18)9-10-5-6-12(19-10)16-7-3-2-4-8-16/h5-6,9H,2-4,7-8H2,1H3/b11-9-. The summed E-state index contributed by atoms with van der Waals surface area (Å²) in [6, 6.07) is 3.76. The van der Waals surface area contributed by atoms with Crippen LogP contribution in [0.5, 0.6) is 0 Å². The summed E-state index contributed by atoms with van der Waals surface area (Å²) in [6.45, 7) is 2.02. The third-order valence-corrected chi connectivity index (χ3v) is 4.50. The van der Waals surface area contributed by atoms with Gasteiger partial charge in [0.2, 0.25) is 0 Å². The lowest BCUT2D eigenvalue weighted by atomic mass is 10.1. The Bertz CT molecular complexity index is 573. The zero-order valence-electron chi connectivity index (χ0n) is 11.3. The molecule has 0 saturated carbocycles. The van der Waals surface area contributed by atoms with Gasteiger partial charge in [0.15, 0.2) is 5.88 Å². The van der Waals surface area contributed by atoms with Crippen molar-refractivity contribution >= 4 is 34.9 Å². The number of carbonyl (C=O) groups excluding carboxylic acids is 2. The van der Waals surface area contributed by atoms with Crippen molar-refractivity contribution < 1.29 is 14.0 Å². The van der Waals surface area contributed by atoms with Gasteiger partial charge in [-0.1, -0.05) is 0 Å². The zero-order chi connectivity index (χ0) is 14.1. The number of piperidine rings is 1. The van der Waals surface area contributed by atoms with E-state index in [9.17, 15) is 9.59 Å². The molecule has 2 fully saturated rings. The molecule has 1 aromatic heterocycles. The van der Waals surface area contributed by atoms with E-state index in [-0.39, 0.29) is 11.1 Å². The summed E-state index contributed by atoms with van der Waals surface area (Å²) in [6.07, 6.45) is 5.28. The second-order valence-electron chi connectivity index (χ2n) is 4.96. The summed E-state index contributed by atoms with van der Waals surface area (Å²) >= 11 is 0.946. The first-order valence-corrected chi connectivity index (χ1v) is 7.53. The van der Waals surface area contributed by atoms with E-state index in [1.165, 1.54) is 26.3 Å². The number of likely N-dealkylation sites (N-methyl/N-ethyl adjacent to an activating group) is 1. The Labute approximate surface area is 121 Å². The van der Waals surface area contributed by atoms with Gasteiger partial charge >= 0.3 is 0 Å². The molecule has 5 nitrogen and oxygen atoms in total. The number of carbonyl (C=O) groups is 2. The molecular formula is C14H16N2O3S. The Morgan fingerprint density at radius 2 is 1.95 bits per heavy atom. The first kappa shape index (κ1) is 13.3. The number of thioether (sulfide) groups is 1. The smallest absolute Gasteiger partial charge is 0.293 e. The highest BCUT2D eigenvalue weighted by Gasteiger charge is 2.32. The number of furan rings is 1. The van der Waals surface area contributed by atoms with Crippen LogP contribution in [0.4, 0.5) is 10.7 Å². The molecular weight excluding hydrogens is 276 g/mol. The average Bonchev–Trinajstić information content (AvgIpc) is 3.02. The number of imide groups is 1. The van der Waals surface area contributed by atoms with E-state index in [0.29, 0.717) is 10.7 Å². The predicted octanol–water partition coefficient (Wildman–Crippen LogP) is 2.94. The number of nitrogens with zero attached hydrogens (tertiary/aromatic N) is 2. The van der Waals surface area contributed by atoms with Crippen LogP contribution in [-0.2, 0) is 4.79 Å². The molecule has 0 spiro atoms. The summed E-state index contributed by atoms with van der Waals surface area (Å²) in [4.78, 5) is 27.0. The molecule has 1 aromatic rings. The van der Waals surface area contributed by atoms with Crippen LogP contribution in [0.15, 0.2) is 21.5 Å². The van der Waals surface area contributed by atoms with Crippen LogP contribution in [0.3, 0.4) is 0 Å². The molecule has 6 heteroatoms. The molecule has 2 aliphatic heterocycles. The van der Waals surface area contributed by atoms with Gasteiger partial charge in [0.25, 0.3) is 11.1 Å². The quantitative estimate of drug-likeness (QED) is 0.784. The molecule has 2 saturated heterocycles. The van der Waals surface area contributed by atoms with Gasteiger partial charge in [-0.15, -0.1) is 0 Å². The third kappa shape index (κ3) is 2.47. The second-order valence-corrected chi connectivity index (χ2v) is 5.96. The van der Waals surface area contributed by atoms with E-state index in [1.807, 2.05) is 12.1 Å². The fraction of sp³-hybridized carbons (Fsp3) is 0.429. The maximum absolute atomic E-state index is 11.8. The molecule has 0 bridgehead atoms. The van der Waals surface area contributed by atoms with Crippen molar-refractivity contribution in [2.75, 3.05) is 25.0 Å². The number of amides is 2. The van der Waals surface area contributed by atoms with Crippen LogP contribution < -0.4 is 4.90 Å². The van der Waals surface area contributed by atoms with Crippen molar-refractivity contribution in [3.8, 4) is 0 Å². The van der Waals surface area contributed by atoms with Crippen LogP contribution in [0.2, 0.25) is 0 Å². The normalized spacial score (nSPS) is 22.1. The lowest BCUT2D eigenvalue weighted by Gasteiger charge is -2.25. The first-order valence-electron chi connectivity index (χ1n) is 6.71. The van der Waals surface area contributed by atoms with Crippen LogP contribution in [0.25, 0.3) is 6.08 Å². The number of anilines is 1. The van der Waals surface area contributed by atoms with Gasteiger partial charge in [-0.05, 0) is 37.1 Å². The lowest BCUT2D eigenvalue weighted by Crippen LogP contribution is -2.28. The first-order chi connectivity index (χ1) is 9.65. The SMILES string of the molecule is CN1C(=O)S/C(=C\c2ccc(N3CCCCC3)o2)C1=O. The van der Waals surface area contributed by atoms with E-state index in [0.717, 1.165) is 35.6 Å². The Morgan fingerprint density at radius 3 is 2.60 bits per heavy atom. The molecule has 0 N–H and O–H groups in total. The highest BCUT2D eigenvalue weighted by Crippen LogP contribution is 2.32. The van der Waals surface area contributed by atoms with Crippen LogP contribution in [0.1, 0.15) is 25.0 Å². The van der Waals surface area contributed by atoms with Gasteiger partial charge in [-0.25, -0.2) is 0 Å². The van der Waals surface area contributed by atoms with Crippen LogP contribution in [0, 0.1) is 0 Å². The maximum Gasteiger partial charge on any atom is 0.293 e. The lowest BCUT2D eigenvalue weighted by molar-refractivity contribution is -0.121. The van der Waals surface area contributed by atoms with Gasteiger partial charge < -0.3 is 9.32 Å². The van der Waals surface area contributed by atoms with Gasteiger partial charge in [0, 0.05) is 32.3 Å². The minimum atomic E-state index is -0.268. The fourth-order valence-corrected chi connectivity index (χ4v) is 3.19. The van der Waals surface area contributed by atoms with Crippen molar-refractivity contribution in [2.24, 2.45) is 0 Å². The largest absolute Gasteiger partial charge is 0.441 e. The summed E-state index contributed by atoms with van der Waals surface area (Å²) in [5.41, 5.74) is 0. The summed E-state index contributed by atoms with van der Waals surface area (Å²) in [5, 5.41) is -0.246. The zero-order valence-corrected chi connectivity index (χ0v) is 12.1. The second kappa shape index (κ2) is 5.36. The minimum Gasteiger partial charge on any atom is -0.441 e. The third-order valence-electron chi connectivity index (χ3n) is 3.54. The van der Waals surface area contributed by atoms with Crippen molar-refractivity contribution in [1.82, 2.24) is 4.90 Å². The summed E-state index contributed by atoms with van der Waals surface area (Å²) in [7, 11) is 1.49. The topological polar surface area (TPSA) is 53.8 Å². The molecule has 0 radical (unpaired) electrons. The summed E-state index contributed by atoms with van der Waals surface area (Å²) in [5.74, 6) is 1.19. The highest BCUT2D eigenvalue weighted by atomic mass is 32.2. The van der Waals surface area contributed by atoms with Gasteiger partial charge in [-0.3, -0.25) is 14.5 Å². The molecule has 2 amide bonds.